The summed E-state index contributed by atoms with van der Waals surface area (Å²) in [4.78, 5) is 6.99. The highest BCUT2D eigenvalue weighted by Gasteiger charge is 2.25. The number of aliphatic imine (C=N–C) groups is 1. The summed E-state index contributed by atoms with van der Waals surface area (Å²) < 4.78 is 5.36. The van der Waals surface area contributed by atoms with E-state index in [0.29, 0.717) is 0 Å². The summed E-state index contributed by atoms with van der Waals surface area (Å²) in [7, 11) is 5.73. The lowest BCUT2D eigenvalue weighted by atomic mass is 9.90. The second kappa shape index (κ2) is 6.01. The molecule has 2 aromatic rings. The lowest BCUT2D eigenvalue weighted by Crippen LogP contribution is -2.28. The van der Waals surface area contributed by atoms with Crippen LogP contribution in [0.5, 0.6) is 5.75 Å². The molecule has 1 aliphatic heterocycles. The van der Waals surface area contributed by atoms with Crippen LogP contribution in [0.25, 0.3) is 0 Å². The van der Waals surface area contributed by atoms with Gasteiger partial charge in [-0.15, -0.1) is 0 Å². The van der Waals surface area contributed by atoms with E-state index >= 15 is 0 Å². The van der Waals surface area contributed by atoms with Crippen LogP contribution in [-0.2, 0) is 6.42 Å². The summed E-state index contributed by atoms with van der Waals surface area (Å²) >= 11 is 6.40. The van der Waals surface area contributed by atoms with Gasteiger partial charge < -0.3 is 9.64 Å². The standard InChI is InChI=1S/C18H19ClN2O/c1-21(2)17-11-12-10-13(22-3)8-9-14(12)18(20-17)15-6-4-5-7-16(15)19/h4-10,18H,11H2,1-3H3. The van der Waals surface area contributed by atoms with Crippen molar-refractivity contribution in [3.05, 3.63) is 64.2 Å². The summed E-state index contributed by atoms with van der Waals surface area (Å²) in [6.07, 6.45) is 0.806. The molecule has 0 spiro atoms. The minimum Gasteiger partial charge on any atom is -0.497 e. The average molecular weight is 315 g/mol. The van der Waals surface area contributed by atoms with Gasteiger partial charge in [-0.05, 0) is 34.9 Å². The monoisotopic (exact) mass is 314 g/mol. The quantitative estimate of drug-likeness (QED) is 0.838. The van der Waals surface area contributed by atoms with Crippen LogP contribution >= 0.6 is 11.6 Å². The number of ether oxygens (including phenoxy) is 1. The highest BCUT2D eigenvalue weighted by atomic mass is 35.5. The van der Waals surface area contributed by atoms with Crippen molar-refractivity contribution in [1.29, 1.82) is 0 Å². The number of rotatable bonds is 2. The molecule has 4 heteroatoms. The number of hydrogen-bond acceptors (Lipinski definition) is 3. The molecule has 0 radical (unpaired) electrons. The van der Waals surface area contributed by atoms with Crippen molar-refractivity contribution in [3.63, 3.8) is 0 Å². The van der Waals surface area contributed by atoms with Gasteiger partial charge in [0, 0.05) is 25.5 Å². The molecule has 3 rings (SSSR count). The molecule has 0 amide bonds. The third-order valence-corrected chi connectivity index (χ3v) is 4.33. The first-order chi connectivity index (χ1) is 10.6. The van der Waals surface area contributed by atoms with Gasteiger partial charge in [0.15, 0.2) is 0 Å². The normalized spacial score (nSPS) is 16.7. The van der Waals surface area contributed by atoms with E-state index in [-0.39, 0.29) is 6.04 Å². The largest absolute Gasteiger partial charge is 0.497 e. The first-order valence-corrected chi connectivity index (χ1v) is 7.63. The molecule has 3 nitrogen and oxygen atoms in total. The molecule has 1 aliphatic rings. The number of fused-ring (bicyclic) bond motifs is 1. The number of hydrogen-bond donors (Lipinski definition) is 0. The topological polar surface area (TPSA) is 24.8 Å². The molecule has 0 aromatic heterocycles. The van der Waals surface area contributed by atoms with Crippen molar-refractivity contribution in [2.24, 2.45) is 4.99 Å². The molecule has 1 atom stereocenters. The summed E-state index contributed by atoms with van der Waals surface area (Å²) in [5, 5.41) is 0.748. The first kappa shape index (κ1) is 14.9. The third-order valence-electron chi connectivity index (χ3n) is 3.99. The SMILES string of the molecule is COc1ccc2c(c1)CC(N(C)C)=NC2c1ccccc1Cl. The van der Waals surface area contributed by atoms with Crippen LogP contribution in [0.4, 0.5) is 0 Å². The zero-order valence-corrected chi connectivity index (χ0v) is 13.8. The van der Waals surface area contributed by atoms with Crippen molar-refractivity contribution >= 4 is 17.4 Å². The molecule has 1 unspecified atom stereocenters. The maximum atomic E-state index is 6.40. The van der Waals surface area contributed by atoms with Crippen molar-refractivity contribution in [1.82, 2.24) is 4.90 Å². The van der Waals surface area contributed by atoms with Crippen molar-refractivity contribution in [3.8, 4) is 5.75 Å². The molecule has 0 saturated heterocycles. The minimum absolute atomic E-state index is 0.0687. The number of halogens is 1. The predicted octanol–water partition coefficient (Wildman–Crippen LogP) is 3.95. The number of amidine groups is 1. The van der Waals surface area contributed by atoms with Gasteiger partial charge in [0.25, 0.3) is 0 Å². The molecule has 0 N–H and O–H groups in total. The maximum absolute atomic E-state index is 6.40. The fraction of sp³-hybridized carbons (Fsp3) is 0.278. The zero-order chi connectivity index (χ0) is 15.7. The number of nitrogens with zero attached hydrogens (tertiary/aromatic N) is 2. The van der Waals surface area contributed by atoms with E-state index < -0.39 is 0 Å². The summed E-state index contributed by atoms with van der Waals surface area (Å²) in [6, 6.07) is 14.0. The molecule has 22 heavy (non-hydrogen) atoms. The number of likely N-dealkylation sites (N-methyl/N-ethyl adjacent to an activating group) is 1. The van der Waals surface area contributed by atoms with Gasteiger partial charge in [0.2, 0.25) is 0 Å². The second-order valence-corrected chi connectivity index (χ2v) is 6.01. The summed E-state index contributed by atoms with van der Waals surface area (Å²) in [5.41, 5.74) is 3.47. The van der Waals surface area contributed by atoms with E-state index in [9.17, 15) is 0 Å². The van der Waals surface area contributed by atoms with E-state index in [4.69, 9.17) is 21.3 Å². The van der Waals surface area contributed by atoms with E-state index in [0.717, 1.165) is 28.6 Å². The second-order valence-electron chi connectivity index (χ2n) is 5.61. The maximum Gasteiger partial charge on any atom is 0.119 e. The summed E-state index contributed by atoms with van der Waals surface area (Å²) in [6.45, 7) is 0. The Morgan fingerprint density at radius 2 is 1.91 bits per heavy atom. The fourth-order valence-corrected chi connectivity index (χ4v) is 3.01. The Kier molecular flexibility index (Phi) is 4.08. The van der Waals surface area contributed by atoms with Crippen LogP contribution in [0.2, 0.25) is 5.02 Å². The molecular weight excluding hydrogens is 296 g/mol. The van der Waals surface area contributed by atoms with E-state index in [1.807, 2.05) is 44.4 Å². The van der Waals surface area contributed by atoms with Gasteiger partial charge in [-0.25, -0.2) is 0 Å². The van der Waals surface area contributed by atoms with Gasteiger partial charge in [-0.2, -0.15) is 0 Å². The van der Waals surface area contributed by atoms with Crippen LogP contribution in [0.1, 0.15) is 22.7 Å². The minimum atomic E-state index is -0.0687. The Labute approximate surface area is 136 Å². The highest BCUT2D eigenvalue weighted by molar-refractivity contribution is 6.31. The molecule has 1 heterocycles. The predicted molar refractivity (Wildman–Crippen MR) is 91.1 cm³/mol. The average Bonchev–Trinajstić information content (AvgIpc) is 2.53. The molecule has 0 bridgehead atoms. The van der Waals surface area contributed by atoms with Crippen LogP contribution in [0, 0.1) is 0 Å². The zero-order valence-electron chi connectivity index (χ0n) is 13.0. The Balaban J connectivity index is 2.14. The number of benzene rings is 2. The molecular formula is C18H19ClN2O. The van der Waals surface area contributed by atoms with Gasteiger partial charge in [-0.3, -0.25) is 4.99 Å². The van der Waals surface area contributed by atoms with Gasteiger partial charge >= 0.3 is 0 Å². The van der Waals surface area contributed by atoms with Crippen molar-refractivity contribution in [2.45, 2.75) is 12.5 Å². The van der Waals surface area contributed by atoms with Crippen LogP contribution < -0.4 is 4.74 Å². The van der Waals surface area contributed by atoms with Crippen molar-refractivity contribution in [2.75, 3.05) is 21.2 Å². The van der Waals surface area contributed by atoms with Crippen LogP contribution in [-0.4, -0.2) is 31.9 Å². The molecule has 0 saturated carbocycles. The van der Waals surface area contributed by atoms with E-state index in [1.165, 1.54) is 11.1 Å². The van der Waals surface area contributed by atoms with Gasteiger partial charge in [0.05, 0.1) is 7.11 Å². The molecule has 0 aliphatic carbocycles. The first-order valence-electron chi connectivity index (χ1n) is 7.25. The summed E-state index contributed by atoms with van der Waals surface area (Å²) in [5.74, 6) is 1.92. The third kappa shape index (κ3) is 2.69. The molecule has 114 valence electrons. The number of methoxy groups -OCH3 is 1. The smallest absolute Gasteiger partial charge is 0.119 e. The van der Waals surface area contributed by atoms with Gasteiger partial charge in [0.1, 0.15) is 17.6 Å². The fourth-order valence-electron chi connectivity index (χ4n) is 2.77. The van der Waals surface area contributed by atoms with E-state index in [2.05, 4.69) is 17.0 Å². The molecule has 2 aromatic carbocycles. The van der Waals surface area contributed by atoms with Crippen molar-refractivity contribution < 1.29 is 4.74 Å². The highest BCUT2D eigenvalue weighted by Crippen LogP contribution is 2.37. The Bertz CT molecular complexity index is 725. The van der Waals surface area contributed by atoms with Crippen LogP contribution in [0.15, 0.2) is 47.5 Å². The van der Waals surface area contributed by atoms with E-state index in [1.54, 1.807) is 7.11 Å². The lowest BCUT2D eigenvalue weighted by molar-refractivity contribution is 0.414. The molecule has 0 fully saturated rings. The Hall–Kier alpha value is -2.00. The lowest BCUT2D eigenvalue weighted by Gasteiger charge is -2.28. The van der Waals surface area contributed by atoms with Crippen LogP contribution in [0.3, 0.4) is 0 Å². The van der Waals surface area contributed by atoms with Gasteiger partial charge in [-0.1, -0.05) is 35.9 Å². The Morgan fingerprint density at radius 1 is 1.14 bits per heavy atom. The Morgan fingerprint density at radius 3 is 2.59 bits per heavy atom.